The highest BCUT2D eigenvalue weighted by molar-refractivity contribution is 5.89. The molecule has 0 amide bonds. The van der Waals surface area contributed by atoms with E-state index in [0.29, 0.717) is 18.7 Å². The van der Waals surface area contributed by atoms with Gasteiger partial charge in [0.1, 0.15) is 12.4 Å². The van der Waals surface area contributed by atoms with Gasteiger partial charge < -0.3 is 14.0 Å². The molecule has 0 saturated carbocycles. The third-order valence-corrected chi connectivity index (χ3v) is 7.56. The minimum absolute atomic E-state index is 0.352. The summed E-state index contributed by atoms with van der Waals surface area (Å²) in [6, 6.07) is 38.6. The summed E-state index contributed by atoms with van der Waals surface area (Å²) in [5, 5.41) is 2.04. The van der Waals surface area contributed by atoms with Gasteiger partial charge in [-0.3, -0.25) is 0 Å². The van der Waals surface area contributed by atoms with Crippen molar-refractivity contribution >= 4 is 16.7 Å². The Labute approximate surface area is 252 Å². The lowest BCUT2D eigenvalue weighted by Gasteiger charge is -2.16. The number of carbonyl (C=O) groups excluding carboxylic acids is 1. The molecule has 0 spiro atoms. The summed E-state index contributed by atoms with van der Waals surface area (Å²) in [6.07, 6.45) is -4.38. The Kier molecular flexibility index (Phi) is 7.94. The van der Waals surface area contributed by atoms with Crippen molar-refractivity contribution in [2.45, 2.75) is 19.3 Å². The summed E-state index contributed by atoms with van der Waals surface area (Å²) in [7, 11) is 1.35. The van der Waals surface area contributed by atoms with E-state index in [9.17, 15) is 18.0 Å². The summed E-state index contributed by atoms with van der Waals surface area (Å²) >= 11 is 0. The SMILES string of the molecule is COC(=O)c1ccc(COc2ccc3cc(-c4ccc(-c5ccccc5)n4Cc4ccc(C(F)(F)F)cc4)ccc3c2)cc1. The van der Waals surface area contributed by atoms with E-state index in [1.165, 1.54) is 19.2 Å². The number of methoxy groups -OCH3 is 1. The zero-order valence-electron chi connectivity index (χ0n) is 23.8. The van der Waals surface area contributed by atoms with Crippen LogP contribution in [0.4, 0.5) is 13.2 Å². The standard InChI is InChI=1S/C37H28F3NO3/c1-43-36(42)28-11-7-26(8-12-28)24-44-33-18-15-29-21-31(14-13-30(29)22-33)35-20-19-34(27-5-3-2-4-6-27)41(35)23-25-9-16-32(17-10-25)37(38,39)40/h2-22H,23-24H2,1H3. The topological polar surface area (TPSA) is 40.5 Å². The maximum absolute atomic E-state index is 13.2. The van der Waals surface area contributed by atoms with Crippen LogP contribution in [-0.4, -0.2) is 17.6 Å². The van der Waals surface area contributed by atoms with Gasteiger partial charge in [-0.25, -0.2) is 4.79 Å². The van der Waals surface area contributed by atoms with E-state index in [2.05, 4.69) is 16.7 Å². The van der Waals surface area contributed by atoms with Crippen LogP contribution in [0.2, 0.25) is 0 Å². The maximum Gasteiger partial charge on any atom is 0.416 e. The summed E-state index contributed by atoms with van der Waals surface area (Å²) < 4.78 is 52.4. The van der Waals surface area contributed by atoms with Crippen LogP contribution < -0.4 is 4.74 Å². The van der Waals surface area contributed by atoms with Gasteiger partial charge in [-0.2, -0.15) is 13.2 Å². The van der Waals surface area contributed by atoms with Gasteiger partial charge in [0.2, 0.25) is 0 Å². The average Bonchev–Trinajstić information content (AvgIpc) is 3.46. The molecular formula is C37H28F3NO3. The predicted molar refractivity (Wildman–Crippen MR) is 165 cm³/mol. The van der Waals surface area contributed by atoms with E-state index in [1.807, 2.05) is 78.9 Å². The van der Waals surface area contributed by atoms with Crippen LogP contribution in [0.25, 0.3) is 33.3 Å². The van der Waals surface area contributed by atoms with Crippen LogP contribution in [-0.2, 0) is 24.1 Å². The van der Waals surface area contributed by atoms with Crippen LogP contribution in [0.15, 0.2) is 127 Å². The quantitative estimate of drug-likeness (QED) is 0.166. The van der Waals surface area contributed by atoms with Gasteiger partial charge in [-0.1, -0.05) is 72.8 Å². The van der Waals surface area contributed by atoms with Crippen molar-refractivity contribution < 1.29 is 27.4 Å². The van der Waals surface area contributed by atoms with Crippen molar-refractivity contribution in [3.63, 3.8) is 0 Å². The molecule has 4 nitrogen and oxygen atoms in total. The molecule has 1 heterocycles. The normalized spacial score (nSPS) is 11.5. The smallest absolute Gasteiger partial charge is 0.416 e. The number of hydrogen-bond donors (Lipinski definition) is 0. The summed E-state index contributed by atoms with van der Waals surface area (Å²) in [5.74, 6) is 0.342. The first-order chi connectivity index (χ1) is 21.3. The first-order valence-electron chi connectivity index (χ1n) is 14.0. The van der Waals surface area contributed by atoms with E-state index in [1.54, 1.807) is 12.1 Å². The van der Waals surface area contributed by atoms with E-state index < -0.39 is 11.7 Å². The van der Waals surface area contributed by atoms with Gasteiger partial charge >= 0.3 is 12.1 Å². The molecule has 44 heavy (non-hydrogen) atoms. The number of carbonyl (C=O) groups is 1. The Bertz CT molecular complexity index is 1910. The Balaban J connectivity index is 1.27. The number of hydrogen-bond acceptors (Lipinski definition) is 3. The number of nitrogens with zero attached hydrogens (tertiary/aromatic N) is 1. The number of halogens is 3. The molecule has 0 N–H and O–H groups in total. The molecule has 0 unspecified atom stereocenters. The molecule has 6 aromatic rings. The monoisotopic (exact) mass is 591 g/mol. The summed E-state index contributed by atoms with van der Waals surface area (Å²) in [4.78, 5) is 11.7. The fraction of sp³-hybridized carbons (Fsp3) is 0.108. The lowest BCUT2D eigenvalue weighted by atomic mass is 10.0. The third-order valence-electron chi connectivity index (χ3n) is 7.56. The molecule has 1 aromatic heterocycles. The highest BCUT2D eigenvalue weighted by Crippen LogP contribution is 2.34. The molecule has 0 saturated heterocycles. The Morgan fingerprint density at radius 2 is 1.32 bits per heavy atom. The number of aromatic nitrogens is 1. The van der Waals surface area contributed by atoms with Crippen molar-refractivity contribution in [3.8, 4) is 28.3 Å². The van der Waals surface area contributed by atoms with Crippen molar-refractivity contribution in [1.82, 2.24) is 4.57 Å². The molecule has 0 fully saturated rings. The highest BCUT2D eigenvalue weighted by Gasteiger charge is 2.30. The molecule has 5 aromatic carbocycles. The van der Waals surface area contributed by atoms with Crippen LogP contribution in [0.5, 0.6) is 5.75 Å². The van der Waals surface area contributed by atoms with Crippen molar-refractivity contribution in [2.24, 2.45) is 0 Å². The number of esters is 1. The van der Waals surface area contributed by atoms with Crippen LogP contribution >= 0.6 is 0 Å². The number of rotatable bonds is 8. The zero-order chi connectivity index (χ0) is 30.7. The average molecular weight is 592 g/mol. The molecule has 0 aliphatic rings. The van der Waals surface area contributed by atoms with Gasteiger partial charge in [0.25, 0.3) is 0 Å². The Morgan fingerprint density at radius 1 is 0.682 bits per heavy atom. The number of ether oxygens (including phenoxy) is 2. The first kappa shape index (κ1) is 28.8. The van der Waals surface area contributed by atoms with E-state index in [-0.39, 0.29) is 5.97 Å². The van der Waals surface area contributed by atoms with Gasteiger partial charge in [0.15, 0.2) is 0 Å². The number of alkyl halides is 3. The Morgan fingerprint density at radius 3 is 2.00 bits per heavy atom. The Hall–Kier alpha value is -5.30. The molecule has 7 heteroatoms. The molecule has 0 aliphatic heterocycles. The molecule has 6 rings (SSSR count). The second kappa shape index (κ2) is 12.1. The summed E-state index contributed by atoms with van der Waals surface area (Å²) in [5.41, 5.74) is 5.47. The van der Waals surface area contributed by atoms with Gasteiger partial charge in [-0.05, 0) is 87.6 Å². The second-order valence-electron chi connectivity index (χ2n) is 10.5. The largest absolute Gasteiger partial charge is 0.489 e. The van der Waals surface area contributed by atoms with Crippen molar-refractivity contribution in [3.05, 3.63) is 150 Å². The van der Waals surface area contributed by atoms with Crippen LogP contribution in [0.3, 0.4) is 0 Å². The lowest BCUT2D eigenvalue weighted by molar-refractivity contribution is -0.137. The molecule has 0 atom stereocenters. The van der Waals surface area contributed by atoms with Gasteiger partial charge in [-0.15, -0.1) is 0 Å². The van der Waals surface area contributed by atoms with Crippen LogP contribution in [0, 0.1) is 0 Å². The molecule has 0 bridgehead atoms. The van der Waals surface area contributed by atoms with Crippen molar-refractivity contribution in [1.29, 1.82) is 0 Å². The van der Waals surface area contributed by atoms with Crippen molar-refractivity contribution in [2.75, 3.05) is 7.11 Å². The fourth-order valence-electron chi connectivity index (χ4n) is 5.23. The fourth-order valence-corrected chi connectivity index (χ4v) is 5.23. The zero-order valence-corrected chi connectivity index (χ0v) is 23.8. The number of benzene rings is 5. The summed E-state index contributed by atoms with van der Waals surface area (Å²) in [6.45, 7) is 0.765. The minimum Gasteiger partial charge on any atom is -0.489 e. The van der Waals surface area contributed by atoms with E-state index in [4.69, 9.17) is 9.47 Å². The molecule has 220 valence electrons. The van der Waals surface area contributed by atoms with Gasteiger partial charge in [0, 0.05) is 17.9 Å². The van der Waals surface area contributed by atoms with Gasteiger partial charge in [0.05, 0.1) is 18.2 Å². The third kappa shape index (κ3) is 6.22. The highest BCUT2D eigenvalue weighted by atomic mass is 19.4. The predicted octanol–water partition coefficient (Wildman–Crippen LogP) is 9.41. The number of fused-ring (bicyclic) bond motifs is 1. The maximum atomic E-state index is 13.2. The molecule has 0 aliphatic carbocycles. The molecule has 0 radical (unpaired) electrons. The molecular weight excluding hydrogens is 563 g/mol. The van der Waals surface area contributed by atoms with E-state index >= 15 is 0 Å². The lowest BCUT2D eigenvalue weighted by Crippen LogP contribution is -2.07. The minimum atomic E-state index is -4.38. The first-order valence-corrected chi connectivity index (χ1v) is 14.0. The van der Waals surface area contributed by atoms with E-state index in [0.717, 1.165) is 62.3 Å². The second-order valence-corrected chi connectivity index (χ2v) is 10.5. The van der Waals surface area contributed by atoms with Crippen LogP contribution in [0.1, 0.15) is 27.0 Å².